The van der Waals surface area contributed by atoms with Crippen LogP contribution < -0.4 is 4.74 Å². The van der Waals surface area contributed by atoms with Crippen LogP contribution >= 0.6 is 0 Å². The molecule has 138 valence electrons. The molecule has 0 aliphatic heterocycles. The summed E-state index contributed by atoms with van der Waals surface area (Å²) in [7, 11) is 1.66. The maximum absolute atomic E-state index is 5.22. The van der Waals surface area contributed by atoms with Crippen LogP contribution in [0.5, 0.6) is 5.75 Å². The van der Waals surface area contributed by atoms with Gasteiger partial charge < -0.3 is 4.74 Å². The van der Waals surface area contributed by atoms with E-state index in [1.807, 2.05) is 57.7 Å². The van der Waals surface area contributed by atoms with E-state index in [1.165, 1.54) is 5.56 Å². The van der Waals surface area contributed by atoms with E-state index in [2.05, 4.69) is 32.4 Å². The molecule has 3 aromatic heterocycles. The Morgan fingerprint density at radius 2 is 1.71 bits per heavy atom. The topological polar surface area (TPSA) is 70.1 Å². The molecule has 0 saturated heterocycles. The highest BCUT2D eigenvalue weighted by Crippen LogP contribution is 2.20. The summed E-state index contributed by atoms with van der Waals surface area (Å²) in [4.78, 5) is 4.63. The summed E-state index contributed by atoms with van der Waals surface area (Å²) in [5.74, 6) is 1.68. The molecule has 3 heterocycles. The summed E-state index contributed by atoms with van der Waals surface area (Å²) in [5, 5.41) is 14.2. The Hall–Kier alpha value is -3.74. The molecule has 0 saturated carbocycles. The zero-order valence-corrected chi connectivity index (χ0v) is 15.4. The smallest absolute Gasteiger partial charge is 0.174 e. The van der Waals surface area contributed by atoms with Gasteiger partial charge in [0.1, 0.15) is 17.9 Å². The van der Waals surface area contributed by atoms with Gasteiger partial charge in [-0.15, -0.1) is 10.2 Å². The fraction of sp³-hybridized carbons (Fsp3) is 0.143. The van der Waals surface area contributed by atoms with Gasteiger partial charge in [0.15, 0.2) is 11.3 Å². The van der Waals surface area contributed by atoms with Crippen LogP contribution in [0.25, 0.3) is 16.7 Å². The van der Waals surface area contributed by atoms with E-state index in [4.69, 9.17) is 4.74 Å². The predicted molar refractivity (Wildman–Crippen MR) is 105 cm³/mol. The van der Waals surface area contributed by atoms with E-state index in [0.717, 1.165) is 33.8 Å². The van der Waals surface area contributed by atoms with Crippen LogP contribution in [0.4, 0.5) is 0 Å². The molecule has 0 radical (unpaired) electrons. The van der Waals surface area contributed by atoms with Gasteiger partial charge in [0.2, 0.25) is 0 Å². The number of benzene rings is 2. The zero-order valence-electron chi connectivity index (χ0n) is 15.4. The summed E-state index contributed by atoms with van der Waals surface area (Å²) < 4.78 is 9.04. The van der Waals surface area contributed by atoms with Crippen LogP contribution in [0, 0.1) is 0 Å². The molecular formula is C21H18N6O. The van der Waals surface area contributed by atoms with E-state index in [9.17, 15) is 0 Å². The number of ether oxygens (including phenoxy) is 1. The SMILES string of the molecule is COc1ccc(Cc2nnc3c4cnn(Cc5ccccc5)c4ncn23)cc1. The number of rotatable bonds is 5. The van der Waals surface area contributed by atoms with E-state index >= 15 is 0 Å². The van der Waals surface area contributed by atoms with Crippen molar-refractivity contribution >= 4 is 16.7 Å². The lowest BCUT2D eigenvalue weighted by molar-refractivity contribution is 0.414. The van der Waals surface area contributed by atoms with Gasteiger partial charge in [-0.3, -0.25) is 4.40 Å². The molecule has 0 aliphatic carbocycles. The van der Waals surface area contributed by atoms with Crippen molar-refractivity contribution in [1.29, 1.82) is 0 Å². The number of aromatic nitrogens is 6. The maximum atomic E-state index is 5.22. The van der Waals surface area contributed by atoms with Crippen molar-refractivity contribution in [3.05, 3.63) is 84.1 Å². The highest BCUT2D eigenvalue weighted by molar-refractivity contribution is 5.88. The Labute approximate surface area is 161 Å². The minimum atomic E-state index is 0.663. The molecule has 5 aromatic rings. The molecule has 7 heteroatoms. The van der Waals surface area contributed by atoms with Gasteiger partial charge in [-0.2, -0.15) is 5.10 Å². The van der Waals surface area contributed by atoms with Crippen LogP contribution in [-0.2, 0) is 13.0 Å². The summed E-state index contributed by atoms with van der Waals surface area (Å²) in [5.41, 5.74) is 3.89. The van der Waals surface area contributed by atoms with Crippen molar-refractivity contribution in [3.63, 3.8) is 0 Å². The molecule has 0 amide bonds. The molecule has 0 bridgehead atoms. The standard InChI is InChI=1S/C21H18N6O/c1-28-17-9-7-15(8-10-17)11-19-24-25-21-18-12-23-27(20(18)22-14-26(19)21)13-16-5-3-2-4-6-16/h2-10,12,14H,11,13H2,1H3. The molecular weight excluding hydrogens is 352 g/mol. The first-order chi connectivity index (χ1) is 13.8. The third-order valence-corrected chi connectivity index (χ3v) is 4.81. The lowest BCUT2D eigenvalue weighted by Crippen LogP contribution is -2.03. The van der Waals surface area contributed by atoms with Crippen LogP contribution in [0.1, 0.15) is 17.0 Å². The fourth-order valence-corrected chi connectivity index (χ4v) is 3.33. The van der Waals surface area contributed by atoms with Crippen LogP contribution in [0.3, 0.4) is 0 Å². The van der Waals surface area contributed by atoms with Crippen LogP contribution in [0.2, 0.25) is 0 Å². The Morgan fingerprint density at radius 3 is 2.50 bits per heavy atom. The third-order valence-electron chi connectivity index (χ3n) is 4.81. The molecule has 0 spiro atoms. The Morgan fingerprint density at radius 1 is 0.893 bits per heavy atom. The van der Waals surface area contributed by atoms with Gasteiger partial charge in [0.25, 0.3) is 0 Å². The highest BCUT2D eigenvalue weighted by atomic mass is 16.5. The molecule has 0 aliphatic rings. The van der Waals surface area contributed by atoms with Crippen LogP contribution in [0.15, 0.2) is 67.1 Å². The molecule has 0 N–H and O–H groups in total. The third kappa shape index (κ3) is 2.87. The number of fused-ring (bicyclic) bond motifs is 3. The number of hydrogen-bond donors (Lipinski definition) is 0. The van der Waals surface area contributed by atoms with Gasteiger partial charge in [-0.25, -0.2) is 9.67 Å². The van der Waals surface area contributed by atoms with Crippen molar-refractivity contribution < 1.29 is 4.74 Å². The summed E-state index contributed by atoms with van der Waals surface area (Å²) in [6.45, 7) is 0.667. The van der Waals surface area contributed by atoms with Gasteiger partial charge in [0, 0.05) is 6.42 Å². The second kappa shape index (κ2) is 6.77. The molecule has 0 fully saturated rings. The second-order valence-corrected chi connectivity index (χ2v) is 6.60. The van der Waals surface area contributed by atoms with Crippen molar-refractivity contribution in [2.75, 3.05) is 7.11 Å². The average Bonchev–Trinajstić information content (AvgIpc) is 3.34. The van der Waals surface area contributed by atoms with Crippen LogP contribution in [-0.4, -0.2) is 36.5 Å². The normalized spacial score (nSPS) is 11.3. The number of nitrogens with zero attached hydrogens (tertiary/aromatic N) is 6. The fourth-order valence-electron chi connectivity index (χ4n) is 3.33. The summed E-state index contributed by atoms with van der Waals surface area (Å²) in [6.07, 6.45) is 4.25. The number of hydrogen-bond acceptors (Lipinski definition) is 5. The van der Waals surface area contributed by atoms with E-state index in [1.54, 1.807) is 13.4 Å². The first-order valence-electron chi connectivity index (χ1n) is 9.03. The van der Waals surface area contributed by atoms with Crippen molar-refractivity contribution in [2.45, 2.75) is 13.0 Å². The minimum absolute atomic E-state index is 0.663. The lowest BCUT2D eigenvalue weighted by atomic mass is 10.1. The number of methoxy groups -OCH3 is 1. The molecule has 28 heavy (non-hydrogen) atoms. The first kappa shape index (κ1) is 16.4. The maximum Gasteiger partial charge on any atom is 0.174 e. The molecule has 0 unspecified atom stereocenters. The second-order valence-electron chi connectivity index (χ2n) is 6.60. The first-order valence-corrected chi connectivity index (χ1v) is 9.03. The minimum Gasteiger partial charge on any atom is -0.497 e. The van der Waals surface area contributed by atoms with Crippen molar-refractivity contribution in [2.24, 2.45) is 0 Å². The van der Waals surface area contributed by atoms with Gasteiger partial charge in [-0.1, -0.05) is 42.5 Å². The van der Waals surface area contributed by atoms with Gasteiger partial charge in [0.05, 0.1) is 25.2 Å². The van der Waals surface area contributed by atoms with Crippen molar-refractivity contribution in [1.82, 2.24) is 29.4 Å². The largest absolute Gasteiger partial charge is 0.497 e. The lowest BCUT2D eigenvalue weighted by Gasteiger charge is -2.04. The molecule has 5 rings (SSSR count). The van der Waals surface area contributed by atoms with E-state index in [0.29, 0.717) is 13.0 Å². The Kier molecular flexibility index (Phi) is 3.97. The summed E-state index contributed by atoms with van der Waals surface area (Å²) >= 11 is 0. The van der Waals surface area contributed by atoms with E-state index < -0.39 is 0 Å². The van der Waals surface area contributed by atoms with Crippen molar-refractivity contribution in [3.8, 4) is 5.75 Å². The monoisotopic (exact) mass is 370 g/mol. The van der Waals surface area contributed by atoms with Gasteiger partial charge >= 0.3 is 0 Å². The molecule has 7 nitrogen and oxygen atoms in total. The highest BCUT2D eigenvalue weighted by Gasteiger charge is 2.14. The average molecular weight is 370 g/mol. The Bertz CT molecular complexity index is 1240. The zero-order chi connectivity index (χ0) is 18.9. The summed E-state index contributed by atoms with van der Waals surface area (Å²) in [6, 6.07) is 18.2. The van der Waals surface area contributed by atoms with E-state index in [-0.39, 0.29) is 0 Å². The molecule has 2 aromatic carbocycles. The van der Waals surface area contributed by atoms with Gasteiger partial charge in [-0.05, 0) is 23.3 Å². The molecule has 0 atom stereocenters. The predicted octanol–water partition coefficient (Wildman–Crippen LogP) is 3.12. The Balaban J connectivity index is 1.49. The quantitative estimate of drug-likeness (QED) is 0.475.